The SMILES string of the molecule is Cc1cccc(-n2ccnc2SCC(=O)NCCNC(=O)C(C)C)c1C. The molecule has 0 unspecified atom stereocenters. The number of carbonyl (C=O) groups is 2. The molecule has 0 fully saturated rings. The van der Waals surface area contributed by atoms with Crippen LogP contribution in [0.3, 0.4) is 0 Å². The summed E-state index contributed by atoms with van der Waals surface area (Å²) in [4.78, 5) is 27.8. The van der Waals surface area contributed by atoms with Gasteiger partial charge in [0.2, 0.25) is 11.8 Å². The highest BCUT2D eigenvalue weighted by molar-refractivity contribution is 7.99. The minimum absolute atomic E-state index is 0.0100. The number of nitrogens with one attached hydrogen (secondary N) is 2. The average molecular weight is 375 g/mol. The lowest BCUT2D eigenvalue weighted by atomic mass is 10.1. The molecule has 0 aliphatic heterocycles. The number of hydrogen-bond donors (Lipinski definition) is 2. The van der Waals surface area contributed by atoms with Crippen molar-refractivity contribution in [1.82, 2.24) is 20.2 Å². The number of amides is 2. The zero-order valence-corrected chi connectivity index (χ0v) is 16.5. The highest BCUT2D eigenvalue weighted by Crippen LogP contribution is 2.24. The van der Waals surface area contributed by atoms with Gasteiger partial charge in [-0.25, -0.2) is 4.98 Å². The number of hydrogen-bond acceptors (Lipinski definition) is 4. The second-order valence-corrected chi connectivity index (χ2v) is 7.33. The Kier molecular flexibility index (Phi) is 7.26. The van der Waals surface area contributed by atoms with Crippen LogP contribution in [0.5, 0.6) is 0 Å². The van der Waals surface area contributed by atoms with E-state index in [0.717, 1.165) is 10.8 Å². The third kappa shape index (κ3) is 5.36. The normalized spacial score (nSPS) is 10.8. The van der Waals surface area contributed by atoms with Gasteiger partial charge < -0.3 is 10.6 Å². The van der Waals surface area contributed by atoms with Crippen LogP contribution in [-0.4, -0.2) is 40.2 Å². The Hall–Kier alpha value is -2.28. The highest BCUT2D eigenvalue weighted by Gasteiger charge is 2.11. The van der Waals surface area contributed by atoms with Crippen molar-refractivity contribution in [1.29, 1.82) is 0 Å². The van der Waals surface area contributed by atoms with Crippen LogP contribution >= 0.6 is 11.8 Å². The molecule has 0 spiro atoms. The van der Waals surface area contributed by atoms with Gasteiger partial charge in [0.15, 0.2) is 5.16 Å². The summed E-state index contributed by atoms with van der Waals surface area (Å²) in [6.07, 6.45) is 3.65. The number of carbonyl (C=O) groups excluding carboxylic acids is 2. The Labute approximate surface area is 158 Å². The van der Waals surface area contributed by atoms with Gasteiger partial charge in [0.1, 0.15) is 0 Å². The minimum atomic E-state index is -0.0793. The summed E-state index contributed by atoms with van der Waals surface area (Å²) in [5.74, 6) is 0.138. The molecule has 6 nitrogen and oxygen atoms in total. The van der Waals surface area contributed by atoms with Crippen molar-refractivity contribution in [3.63, 3.8) is 0 Å². The zero-order chi connectivity index (χ0) is 19.1. The third-order valence-electron chi connectivity index (χ3n) is 4.05. The Bertz CT molecular complexity index is 771. The molecule has 140 valence electrons. The van der Waals surface area contributed by atoms with Crippen molar-refractivity contribution >= 4 is 23.6 Å². The molecule has 0 radical (unpaired) electrons. The summed E-state index contributed by atoms with van der Waals surface area (Å²) >= 11 is 1.39. The third-order valence-corrected chi connectivity index (χ3v) is 5.01. The van der Waals surface area contributed by atoms with Crippen molar-refractivity contribution in [2.45, 2.75) is 32.9 Å². The van der Waals surface area contributed by atoms with Crippen molar-refractivity contribution in [3.8, 4) is 5.69 Å². The van der Waals surface area contributed by atoms with E-state index in [9.17, 15) is 9.59 Å². The van der Waals surface area contributed by atoms with E-state index in [4.69, 9.17) is 0 Å². The molecule has 1 aromatic carbocycles. The number of aromatic nitrogens is 2. The van der Waals surface area contributed by atoms with Gasteiger partial charge in [-0.05, 0) is 31.0 Å². The standard InChI is InChI=1S/C19H26N4O2S/c1-13(2)18(25)21-9-8-20-17(24)12-26-19-22-10-11-23(19)16-7-5-6-14(3)15(16)4/h5-7,10-11,13H,8-9,12H2,1-4H3,(H,20,24)(H,21,25). The molecule has 0 aliphatic carbocycles. The number of aryl methyl sites for hydroxylation is 1. The van der Waals surface area contributed by atoms with E-state index in [2.05, 4.69) is 35.5 Å². The smallest absolute Gasteiger partial charge is 0.230 e. The molecule has 2 N–H and O–H groups in total. The quantitative estimate of drug-likeness (QED) is 0.550. The molecular weight excluding hydrogens is 348 g/mol. The highest BCUT2D eigenvalue weighted by atomic mass is 32.2. The van der Waals surface area contributed by atoms with E-state index in [0.29, 0.717) is 13.1 Å². The molecule has 0 atom stereocenters. The predicted molar refractivity (Wildman–Crippen MR) is 105 cm³/mol. The summed E-state index contributed by atoms with van der Waals surface area (Å²) < 4.78 is 2.00. The Morgan fingerprint density at radius 1 is 1.19 bits per heavy atom. The van der Waals surface area contributed by atoms with Crippen molar-refractivity contribution < 1.29 is 9.59 Å². The molecule has 0 saturated heterocycles. The Balaban J connectivity index is 1.85. The lowest BCUT2D eigenvalue weighted by Gasteiger charge is -2.12. The lowest BCUT2D eigenvalue weighted by Crippen LogP contribution is -2.37. The van der Waals surface area contributed by atoms with Gasteiger partial charge >= 0.3 is 0 Å². The average Bonchev–Trinajstić information content (AvgIpc) is 3.07. The van der Waals surface area contributed by atoms with Crippen LogP contribution in [0.15, 0.2) is 35.7 Å². The maximum atomic E-state index is 12.0. The molecule has 2 rings (SSSR count). The fraction of sp³-hybridized carbons (Fsp3) is 0.421. The van der Waals surface area contributed by atoms with E-state index in [1.165, 1.54) is 22.9 Å². The van der Waals surface area contributed by atoms with E-state index in [1.54, 1.807) is 6.20 Å². The summed E-state index contributed by atoms with van der Waals surface area (Å²) in [5, 5.41) is 6.36. The topological polar surface area (TPSA) is 76.0 Å². The van der Waals surface area contributed by atoms with Gasteiger partial charge in [-0.2, -0.15) is 0 Å². The van der Waals surface area contributed by atoms with Gasteiger partial charge in [0.25, 0.3) is 0 Å². The summed E-state index contributed by atoms with van der Waals surface area (Å²) in [6.45, 7) is 8.68. The first kappa shape index (κ1) is 20.0. The van der Waals surface area contributed by atoms with Crippen LogP contribution in [0.4, 0.5) is 0 Å². The predicted octanol–water partition coefficient (Wildman–Crippen LogP) is 2.47. The molecule has 1 heterocycles. The van der Waals surface area contributed by atoms with Crippen LogP contribution in [0, 0.1) is 19.8 Å². The fourth-order valence-corrected chi connectivity index (χ4v) is 3.15. The van der Waals surface area contributed by atoms with Gasteiger partial charge in [0.05, 0.1) is 11.4 Å². The first-order valence-corrected chi connectivity index (χ1v) is 9.66. The van der Waals surface area contributed by atoms with Crippen LogP contribution in [0.1, 0.15) is 25.0 Å². The van der Waals surface area contributed by atoms with E-state index < -0.39 is 0 Å². The minimum Gasteiger partial charge on any atom is -0.354 e. The second kappa shape index (κ2) is 9.43. The van der Waals surface area contributed by atoms with Crippen LogP contribution in [-0.2, 0) is 9.59 Å². The molecule has 0 bridgehead atoms. The number of imidazole rings is 1. The molecule has 26 heavy (non-hydrogen) atoms. The largest absolute Gasteiger partial charge is 0.354 e. The maximum Gasteiger partial charge on any atom is 0.230 e. The first-order valence-electron chi connectivity index (χ1n) is 8.67. The maximum absolute atomic E-state index is 12.0. The fourth-order valence-electron chi connectivity index (χ4n) is 2.35. The number of rotatable bonds is 8. The first-order chi connectivity index (χ1) is 12.4. The van der Waals surface area contributed by atoms with E-state index in [-0.39, 0.29) is 23.5 Å². The van der Waals surface area contributed by atoms with Crippen LogP contribution < -0.4 is 10.6 Å². The lowest BCUT2D eigenvalue weighted by molar-refractivity contribution is -0.124. The Morgan fingerprint density at radius 3 is 2.65 bits per heavy atom. The second-order valence-electron chi connectivity index (χ2n) is 6.38. The van der Waals surface area contributed by atoms with Gasteiger partial charge in [-0.3, -0.25) is 14.2 Å². The van der Waals surface area contributed by atoms with Gasteiger partial charge in [-0.15, -0.1) is 0 Å². The monoisotopic (exact) mass is 374 g/mol. The van der Waals surface area contributed by atoms with Gasteiger partial charge in [-0.1, -0.05) is 37.7 Å². The molecule has 2 amide bonds. The molecule has 1 aromatic heterocycles. The summed E-state index contributed by atoms with van der Waals surface area (Å²) in [6, 6.07) is 6.14. The molecular formula is C19H26N4O2S. The number of thioether (sulfide) groups is 1. The molecule has 0 aliphatic rings. The Morgan fingerprint density at radius 2 is 1.92 bits per heavy atom. The van der Waals surface area contributed by atoms with Crippen molar-refractivity contribution in [2.75, 3.05) is 18.8 Å². The van der Waals surface area contributed by atoms with E-state index in [1.807, 2.05) is 36.7 Å². The van der Waals surface area contributed by atoms with Gasteiger partial charge in [0, 0.05) is 31.4 Å². The van der Waals surface area contributed by atoms with Crippen LogP contribution in [0.25, 0.3) is 5.69 Å². The van der Waals surface area contributed by atoms with E-state index >= 15 is 0 Å². The summed E-state index contributed by atoms with van der Waals surface area (Å²) in [7, 11) is 0. The molecule has 0 saturated carbocycles. The zero-order valence-electron chi connectivity index (χ0n) is 15.7. The number of benzene rings is 1. The van der Waals surface area contributed by atoms with Crippen LogP contribution in [0.2, 0.25) is 0 Å². The van der Waals surface area contributed by atoms with Crippen molar-refractivity contribution in [2.24, 2.45) is 5.92 Å². The number of nitrogens with zero attached hydrogens (tertiary/aromatic N) is 2. The molecule has 7 heteroatoms. The van der Waals surface area contributed by atoms with Crippen molar-refractivity contribution in [3.05, 3.63) is 41.7 Å². The summed E-state index contributed by atoms with van der Waals surface area (Å²) in [5.41, 5.74) is 3.48. The molecule has 2 aromatic rings.